The van der Waals surface area contributed by atoms with Gasteiger partial charge in [0.2, 0.25) is 16.2 Å². The highest BCUT2D eigenvalue weighted by atomic mass is 32.2. The quantitative estimate of drug-likeness (QED) is 0.254. The molecule has 1 aliphatic rings. The maximum atomic E-state index is 13.1. The van der Waals surface area contributed by atoms with Crippen LogP contribution in [0.5, 0.6) is 11.5 Å². The molecule has 1 aromatic heterocycles. The minimum Gasteiger partial charge on any atom is -0.619 e. The lowest BCUT2D eigenvalue weighted by Gasteiger charge is -2.38. The number of carbonyl (C=O) groups excluding carboxylic acids is 1. The van der Waals surface area contributed by atoms with Crippen molar-refractivity contribution >= 4 is 27.4 Å². The van der Waals surface area contributed by atoms with Gasteiger partial charge in [0, 0.05) is 44.0 Å². The number of hydrogen-bond acceptors (Lipinski definition) is 6. The van der Waals surface area contributed by atoms with E-state index in [0.717, 1.165) is 51.6 Å². The van der Waals surface area contributed by atoms with Crippen LogP contribution >= 0.6 is 0 Å². The fraction of sp³-hybridized carbons (Fsp3) is 0.379. The molecule has 2 N–H and O–H groups in total. The summed E-state index contributed by atoms with van der Waals surface area (Å²) in [6, 6.07) is 18.0. The van der Waals surface area contributed by atoms with E-state index < -0.39 is 10.0 Å². The molecule has 0 aliphatic carbocycles. The molecule has 0 atom stereocenters. The topological polar surface area (TPSA) is 118 Å². The van der Waals surface area contributed by atoms with Crippen LogP contribution in [0.2, 0.25) is 0 Å². The fourth-order valence-corrected chi connectivity index (χ4v) is 5.32. The third-order valence-corrected chi connectivity index (χ3v) is 7.37. The minimum atomic E-state index is -3.32. The van der Waals surface area contributed by atoms with Crippen LogP contribution in [0, 0.1) is 5.21 Å². The van der Waals surface area contributed by atoms with Gasteiger partial charge in [0.1, 0.15) is 17.2 Å². The molecule has 1 fully saturated rings. The summed E-state index contributed by atoms with van der Waals surface area (Å²) in [6.45, 7) is 5.39. The largest absolute Gasteiger partial charge is 0.619 e. The number of amides is 2. The zero-order chi connectivity index (χ0) is 28.5. The standard InChI is InChI=1S/C29H37N5O5S/c1-3-4-18-34(29(35)30-25-6-5-17-33(36)22-25)26-15-19-32(20-16-26)21-23-7-11-27(12-8-23)39-28-13-9-24(10-14-28)31-40(2,37)38/h5-14,17,22,26,31H,3-4,15-16,18-21H2,1-2H3,(H,30,35). The molecule has 0 saturated carbocycles. The van der Waals surface area contributed by atoms with Gasteiger partial charge in [-0.2, -0.15) is 4.73 Å². The number of likely N-dealkylation sites (tertiary alicyclic amines) is 1. The molecule has 2 heterocycles. The summed E-state index contributed by atoms with van der Waals surface area (Å²) in [4.78, 5) is 17.4. The number of urea groups is 1. The Morgan fingerprint density at radius 1 is 1.05 bits per heavy atom. The third-order valence-electron chi connectivity index (χ3n) is 6.76. The van der Waals surface area contributed by atoms with Crippen molar-refractivity contribution in [1.82, 2.24) is 9.80 Å². The number of nitrogens with zero attached hydrogens (tertiary/aromatic N) is 3. The number of carbonyl (C=O) groups is 1. The van der Waals surface area contributed by atoms with Gasteiger partial charge in [-0.05, 0) is 67.3 Å². The summed E-state index contributed by atoms with van der Waals surface area (Å²) >= 11 is 0. The Morgan fingerprint density at radius 2 is 1.70 bits per heavy atom. The number of hydrogen-bond donors (Lipinski definition) is 2. The van der Waals surface area contributed by atoms with Gasteiger partial charge >= 0.3 is 6.03 Å². The number of piperidine rings is 1. The van der Waals surface area contributed by atoms with Crippen LogP contribution in [0.1, 0.15) is 38.2 Å². The predicted octanol–water partition coefficient (Wildman–Crippen LogP) is 4.78. The highest BCUT2D eigenvalue weighted by Crippen LogP contribution is 2.25. The molecule has 0 radical (unpaired) electrons. The monoisotopic (exact) mass is 567 g/mol. The number of anilines is 2. The smallest absolute Gasteiger partial charge is 0.322 e. The maximum Gasteiger partial charge on any atom is 0.322 e. The van der Waals surface area contributed by atoms with Gasteiger partial charge in [-0.3, -0.25) is 9.62 Å². The first-order valence-electron chi connectivity index (χ1n) is 13.5. The number of aromatic nitrogens is 1. The van der Waals surface area contributed by atoms with E-state index in [2.05, 4.69) is 21.9 Å². The van der Waals surface area contributed by atoms with Crippen LogP contribution in [0.4, 0.5) is 16.2 Å². The zero-order valence-corrected chi connectivity index (χ0v) is 23.8. The van der Waals surface area contributed by atoms with E-state index in [1.807, 2.05) is 29.2 Å². The second kappa shape index (κ2) is 13.5. The molecule has 1 saturated heterocycles. The van der Waals surface area contributed by atoms with Crippen LogP contribution in [-0.2, 0) is 16.6 Å². The van der Waals surface area contributed by atoms with Crippen molar-refractivity contribution < 1.29 is 22.7 Å². The molecule has 11 heteroatoms. The van der Waals surface area contributed by atoms with Crippen molar-refractivity contribution in [2.75, 3.05) is 35.9 Å². The second-order valence-corrected chi connectivity index (χ2v) is 11.8. The number of unbranched alkanes of at least 4 members (excludes halogenated alkanes) is 1. The van der Waals surface area contributed by atoms with Crippen molar-refractivity contribution in [2.24, 2.45) is 0 Å². The number of rotatable bonds is 11. The van der Waals surface area contributed by atoms with Crippen LogP contribution in [0.3, 0.4) is 0 Å². The van der Waals surface area contributed by atoms with Crippen molar-refractivity contribution in [1.29, 1.82) is 0 Å². The first-order chi connectivity index (χ1) is 19.2. The fourth-order valence-electron chi connectivity index (χ4n) is 4.75. The SMILES string of the molecule is CCCCN(C(=O)Nc1ccc[n+]([O-])c1)C1CCN(Cc2ccc(Oc3ccc(NS(C)(=O)=O)cc3)cc2)CC1. The first-order valence-corrected chi connectivity index (χ1v) is 15.4. The van der Waals surface area contributed by atoms with Crippen molar-refractivity contribution in [3.05, 3.63) is 83.8 Å². The Kier molecular flexibility index (Phi) is 9.84. The molecular weight excluding hydrogens is 530 g/mol. The molecular formula is C29H37N5O5S. The van der Waals surface area contributed by atoms with Crippen LogP contribution in [-0.4, -0.2) is 56.2 Å². The second-order valence-electron chi connectivity index (χ2n) is 10.1. The van der Waals surface area contributed by atoms with E-state index in [1.165, 1.54) is 18.0 Å². The summed E-state index contributed by atoms with van der Waals surface area (Å²) in [6.07, 6.45) is 7.57. The van der Waals surface area contributed by atoms with Crippen molar-refractivity contribution in [2.45, 2.75) is 45.2 Å². The van der Waals surface area contributed by atoms with Crippen LogP contribution in [0.25, 0.3) is 0 Å². The Labute approximate surface area is 236 Å². The molecule has 214 valence electrons. The van der Waals surface area contributed by atoms with Gasteiger partial charge in [0.05, 0.1) is 6.26 Å². The average molecular weight is 568 g/mol. The summed E-state index contributed by atoms with van der Waals surface area (Å²) < 4.78 is 31.7. The highest BCUT2D eigenvalue weighted by molar-refractivity contribution is 7.92. The molecule has 3 aromatic rings. The lowest BCUT2D eigenvalue weighted by molar-refractivity contribution is -0.604. The molecule has 4 rings (SSSR count). The molecule has 0 bridgehead atoms. The summed E-state index contributed by atoms with van der Waals surface area (Å²) in [7, 11) is -3.32. The lowest BCUT2D eigenvalue weighted by Crippen LogP contribution is -2.49. The Bertz CT molecular complexity index is 1360. The van der Waals surface area contributed by atoms with E-state index in [0.29, 0.717) is 34.1 Å². The Hall–Kier alpha value is -3.83. The summed E-state index contributed by atoms with van der Waals surface area (Å²) in [5.74, 6) is 1.31. The van der Waals surface area contributed by atoms with Gasteiger partial charge in [-0.1, -0.05) is 25.5 Å². The van der Waals surface area contributed by atoms with Crippen molar-refractivity contribution in [3.63, 3.8) is 0 Å². The van der Waals surface area contributed by atoms with E-state index in [4.69, 9.17) is 4.74 Å². The van der Waals surface area contributed by atoms with E-state index in [-0.39, 0.29) is 12.1 Å². The maximum absolute atomic E-state index is 13.1. The molecule has 0 spiro atoms. The van der Waals surface area contributed by atoms with E-state index in [9.17, 15) is 18.4 Å². The minimum absolute atomic E-state index is 0.153. The number of nitrogens with one attached hydrogen (secondary N) is 2. The molecule has 40 heavy (non-hydrogen) atoms. The van der Waals surface area contributed by atoms with Gasteiger partial charge < -0.3 is 20.2 Å². The van der Waals surface area contributed by atoms with Gasteiger partial charge in [-0.25, -0.2) is 13.2 Å². The number of benzene rings is 2. The van der Waals surface area contributed by atoms with Gasteiger partial charge in [0.15, 0.2) is 6.20 Å². The Balaban J connectivity index is 1.27. The predicted molar refractivity (Wildman–Crippen MR) is 156 cm³/mol. The Morgan fingerprint density at radius 3 is 2.30 bits per heavy atom. The molecule has 1 aliphatic heterocycles. The van der Waals surface area contributed by atoms with Crippen LogP contribution < -0.4 is 19.5 Å². The van der Waals surface area contributed by atoms with E-state index >= 15 is 0 Å². The van der Waals surface area contributed by atoms with Crippen molar-refractivity contribution in [3.8, 4) is 11.5 Å². The molecule has 2 amide bonds. The molecule has 10 nitrogen and oxygen atoms in total. The molecule has 2 aromatic carbocycles. The van der Waals surface area contributed by atoms with Crippen LogP contribution in [0.15, 0.2) is 73.1 Å². The highest BCUT2D eigenvalue weighted by Gasteiger charge is 2.28. The van der Waals surface area contributed by atoms with E-state index in [1.54, 1.807) is 36.4 Å². The zero-order valence-electron chi connectivity index (χ0n) is 23.0. The number of sulfonamides is 1. The lowest BCUT2D eigenvalue weighted by atomic mass is 10.0. The van der Waals surface area contributed by atoms with Gasteiger partial charge in [-0.15, -0.1) is 0 Å². The number of ether oxygens (including phenoxy) is 1. The van der Waals surface area contributed by atoms with Gasteiger partial charge in [0.25, 0.3) is 0 Å². The summed E-state index contributed by atoms with van der Waals surface area (Å²) in [5, 5.41) is 14.5. The number of pyridine rings is 1. The first kappa shape index (κ1) is 29.2. The third kappa shape index (κ3) is 8.85. The summed E-state index contributed by atoms with van der Waals surface area (Å²) in [5.41, 5.74) is 2.15. The normalized spacial score (nSPS) is 14.4. The average Bonchev–Trinajstić information content (AvgIpc) is 2.91. The molecule has 0 unspecified atom stereocenters.